The summed E-state index contributed by atoms with van der Waals surface area (Å²) >= 11 is 2.19. The van der Waals surface area contributed by atoms with Crippen LogP contribution in [0.5, 0.6) is 0 Å². The smallest absolute Gasteiger partial charge is 0.0215 e. The SMILES string of the molecule is CCNC1CCCN(C2CCCC2SCC)C1. The summed E-state index contributed by atoms with van der Waals surface area (Å²) in [5.74, 6) is 1.28. The van der Waals surface area contributed by atoms with Crippen LogP contribution in [0.1, 0.15) is 46.0 Å². The molecule has 2 rings (SSSR count). The van der Waals surface area contributed by atoms with Gasteiger partial charge < -0.3 is 5.32 Å². The number of nitrogens with one attached hydrogen (secondary N) is 1. The van der Waals surface area contributed by atoms with E-state index in [0.29, 0.717) is 0 Å². The molecule has 0 amide bonds. The Morgan fingerprint density at radius 2 is 2.06 bits per heavy atom. The summed E-state index contributed by atoms with van der Waals surface area (Å²) in [6, 6.07) is 1.63. The molecule has 1 saturated heterocycles. The van der Waals surface area contributed by atoms with Crippen molar-refractivity contribution < 1.29 is 0 Å². The van der Waals surface area contributed by atoms with Gasteiger partial charge in [0.05, 0.1) is 0 Å². The maximum atomic E-state index is 3.64. The largest absolute Gasteiger partial charge is 0.313 e. The van der Waals surface area contributed by atoms with Crippen LogP contribution in [-0.2, 0) is 0 Å². The second kappa shape index (κ2) is 7.01. The van der Waals surface area contributed by atoms with Crippen LogP contribution in [0.4, 0.5) is 0 Å². The summed E-state index contributed by atoms with van der Waals surface area (Å²) in [6.07, 6.45) is 7.10. The first-order valence-electron chi connectivity index (χ1n) is 7.44. The van der Waals surface area contributed by atoms with Gasteiger partial charge in [-0.25, -0.2) is 0 Å². The quantitative estimate of drug-likeness (QED) is 0.814. The zero-order valence-electron chi connectivity index (χ0n) is 11.5. The van der Waals surface area contributed by atoms with E-state index in [1.165, 1.54) is 50.9 Å². The summed E-state index contributed by atoms with van der Waals surface area (Å²) in [4.78, 5) is 2.79. The van der Waals surface area contributed by atoms with Crippen molar-refractivity contribution in [2.45, 2.75) is 63.3 Å². The lowest BCUT2D eigenvalue weighted by Crippen LogP contribution is -2.51. The van der Waals surface area contributed by atoms with Crippen molar-refractivity contribution in [3.8, 4) is 0 Å². The summed E-state index contributed by atoms with van der Waals surface area (Å²) in [5, 5.41) is 4.55. The van der Waals surface area contributed by atoms with Gasteiger partial charge in [-0.15, -0.1) is 0 Å². The Morgan fingerprint density at radius 3 is 2.82 bits per heavy atom. The van der Waals surface area contributed by atoms with Crippen molar-refractivity contribution in [1.29, 1.82) is 0 Å². The van der Waals surface area contributed by atoms with Gasteiger partial charge in [-0.1, -0.05) is 20.3 Å². The second-order valence-electron chi connectivity index (χ2n) is 5.38. The van der Waals surface area contributed by atoms with Crippen molar-refractivity contribution in [1.82, 2.24) is 10.2 Å². The lowest BCUT2D eigenvalue weighted by Gasteiger charge is -2.39. The highest BCUT2D eigenvalue weighted by molar-refractivity contribution is 7.99. The van der Waals surface area contributed by atoms with Crippen LogP contribution in [0.2, 0.25) is 0 Å². The number of nitrogens with zero attached hydrogens (tertiary/aromatic N) is 1. The van der Waals surface area contributed by atoms with E-state index in [2.05, 4.69) is 35.8 Å². The molecule has 0 spiro atoms. The Hall–Kier alpha value is 0.270. The molecule has 1 saturated carbocycles. The molecule has 1 aliphatic carbocycles. The Morgan fingerprint density at radius 1 is 1.18 bits per heavy atom. The van der Waals surface area contributed by atoms with E-state index in [4.69, 9.17) is 0 Å². The molecule has 1 aliphatic heterocycles. The molecule has 100 valence electrons. The Labute approximate surface area is 111 Å². The lowest BCUT2D eigenvalue weighted by atomic mass is 10.0. The van der Waals surface area contributed by atoms with Crippen LogP contribution in [0, 0.1) is 0 Å². The number of likely N-dealkylation sites (N-methyl/N-ethyl adjacent to an activating group) is 1. The van der Waals surface area contributed by atoms with E-state index in [0.717, 1.165) is 23.9 Å². The number of hydrogen-bond acceptors (Lipinski definition) is 3. The van der Waals surface area contributed by atoms with Gasteiger partial charge in [0.15, 0.2) is 0 Å². The third-order valence-corrected chi connectivity index (χ3v) is 5.52. The first-order chi connectivity index (χ1) is 8.35. The fourth-order valence-electron chi connectivity index (χ4n) is 3.50. The van der Waals surface area contributed by atoms with E-state index in [1.807, 2.05) is 0 Å². The topological polar surface area (TPSA) is 15.3 Å². The van der Waals surface area contributed by atoms with E-state index >= 15 is 0 Å². The maximum absolute atomic E-state index is 3.64. The van der Waals surface area contributed by atoms with Crippen LogP contribution in [0.25, 0.3) is 0 Å². The van der Waals surface area contributed by atoms with Gasteiger partial charge in [0, 0.05) is 23.9 Å². The van der Waals surface area contributed by atoms with Gasteiger partial charge in [-0.2, -0.15) is 11.8 Å². The molecule has 0 aromatic rings. The van der Waals surface area contributed by atoms with Crippen molar-refractivity contribution in [2.75, 3.05) is 25.4 Å². The number of piperidine rings is 1. The molecule has 2 fully saturated rings. The highest BCUT2D eigenvalue weighted by Crippen LogP contribution is 2.34. The normalized spacial score (nSPS) is 35.3. The highest BCUT2D eigenvalue weighted by atomic mass is 32.2. The van der Waals surface area contributed by atoms with Gasteiger partial charge in [-0.3, -0.25) is 4.90 Å². The number of rotatable bonds is 5. The number of hydrogen-bond donors (Lipinski definition) is 1. The van der Waals surface area contributed by atoms with Gasteiger partial charge in [0.25, 0.3) is 0 Å². The minimum Gasteiger partial charge on any atom is -0.313 e. The molecule has 3 unspecified atom stereocenters. The van der Waals surface area contributed by atoms with E-state index in [1.54, 1.807) is 0 Å². The monoisotopic (exact) mass is 256 g/mol. The van der Waals surface area contributed by atoms with Crippen molar-refractivity contribution in [3.63, 3.8) is 0 Å². The molecule has 17 heavy (non-hydrogen) atoms. The highest BCUT2D eigenvalue weighted by Gasteiger charge is 2.34. The Balaban J connectivity index is 1.87. The fraction of sp³-hybridized carbons (Fsp3) is 1.00. The lowest BCUT2D eigenvalue weighted by molar-refractivity contribution is 0.142. The van der Waals surface area contributed by atoms with Crippen molar-refractivity contribution in [3.05, 3.63) is 0 Å². The summed E-state index contributed by atoms with van der Waals surface area (Å²) in [6.45, 7) is 8.28. The second-order valence-corrected chi connectivity index (χ2v) is 6.90. The maximum Gasteiger partial charge on any atom is 0.0215 e. The third-order valence-electron chi connectivity index (χ3n) is 4.21. The summed E-state index contributed by atoms with van der Waals surface area (Å²) in [7, 11) is 0. The molecular formula is C14H28N2S. The minimum absolute atomic E-state index is 0.752. The Bertz CT molecular complexity index is 220. The first kappa shape index (κ1) is 13.7. The van der Waals surface area contributed by atoms with Crippen LogP contribution in [-0.4, -0.2) is 47.6 Å². The molecule has 0 bridgehead atoms. The van der Waals surface area contributed by atoms with Crippen LogP contribution < -0.4 is 5.32 Å². The average Bonchev–Trinajstić information content (AvgIpc) is 2.79. The fourth-order valence-corrected chi connectivity index (χ4v) is 4.79. The zero-order chi connectivity index (χ0) is 12.1. The van der Waals surface area contributed by atoms with E-state index in [9.17, 15) is 0 Å². The molecule has 0 radical (unpaired) electrons. The predicted molar refractivity (Wildman–Crippen MR) is 77.8 cm³/mol. The van der Waals surface area contributed by atoms with Gasteiger partial charge in [0.1, 0.15) is 0 Å². The molecule has 1 heterocycles. The zero-order valence-corrected chi connectivity index (χ0v) is 12.3. The van der Waals surface area contributed by atoms with Crippen LogP contribution >= 0.6 is 11.8 Å². The standard InChI is InChI=1S/C14H28N2S/c1-3-15-12-7-6-10-16(11-12)13-8-5-9-14(13)17-4-2/h12-15H,3-11H2,1-2H3. The number of likely N-dealkylation sites (tertiary alicyclic amines) is 1. The molecule has 3 atom stereocenters. The van der Waals surface area contributed by atoms with Gasteiger partial charge >= 0.3 is 0 Å². The molecule has 0 aromatic carbocycles. The average molecular weight is 256 g/mol. The van der Waals surface area contributed by atoms with Crippen LogP contribution in [0.15, 0.2) is 0 Å². The third kappa shape index (κ3) is 3.62. The molecule has 2 aliphatic rings. The van der Waals surface area contributed by atoms with E-state index in [-0.39, 0.29) is 0 Å². The van der Waals surface area contributed by atoms with Crippen molar-refractivity contribution in [2.24, 2.45) is 0 Å². The predicted octanol–water partition coefficient (Wildman–Crippen LogP) is 2.73. The van der Waals surface area contributed by atoms with Gasteiger partial charge in [0.2, 0.25) is 0 Å². The molecule has 2 nitrogen and oxygen atoms in total. The first-order valence-corrected chi connectivity index (χ1v) is 8.49. The molecule has 1 N–H and O–H groups in total. The van der Waals surface area contributed by atoms with E-state index < -0.39 is 0 Å². The summed E-state index contributed by atoms with van der Waals surface area (Å²) in [5.41, 5.74) is 0. The molecule has 0 aromatic heterocycles. The molecular weight excluding hydrogens is 228 g/mol. The minimum atomic E-state index is 0.752. The summed E-state index contributed by atoms with van der Waals surface area (Å²) < 4.78 is 0. The Kier molecular flexibility index (Phi) is 5.64. The van der Waals surface area contributed by atoms with Crippen LogP contribution in [0.3, 0.4) is 0 Å². The van der Waals surface area contributed by atoms with Crippen molar-refractivity contribution >= 4 is 11.8 Å². The van der Waals surface area contributed by atoms with Gasteiger partial charge in [-0.05, 0) is 44.5 Å². The molecule has 3 heteroatoms. The number of thioether (sulfide) groups is 1.